The number of hydrogen-bond acceptors (Lipinski definition) is 14. The van der Waals surface area contributed by atoms with Crippen molar-refractivity contribution in [2.24, 2.45) is 0 Å². The molecule has 0 aliphatic carbocycles. The van der Waals surface area contributed by atoms with E-state index >= 15 is 0 Å². The number of nitrogens with zero attached hydrogens (tertiary/aromatic N) is 6. The van der Waals surface area contributed by atoms with Crippen LogP contribution in [0.5, 0.6) is 5.75 Å². The third kappa shape index (κ3) is 14.7. The lowest BCUT2D eigenvalue weighted by atomic mass is 9.88. The molecule has 1 N–H and O–H groups in total. The topological polar surface area (TPSA) is 129 Å². The van der Waals surface area contributed by atoms with E-state index in [9.17, 15) is 19.5 Å². The predicted molar refractivity (Wildman–Crippen MR) is 287 cm³/mol. The monoisotopic (exact) mass is 975 g/mol. The predicted octanol–water partition coefficient (Wildman–Crippen LogP) is 13.4. The van der Waals surface area contributed by atoms with Gasteiger partial charge in [-0.05, 0) is 99.7 Å². The van der Waals surface area contributed by atoms with Crippen LogP contribution in [0.15, 0.2) is 18.2 Å². The minimum absolute atomic E-state index is 0.0684. The Balaban J connectivity index is 0.000000280. The zero-order valence-corrected chi connectivity index (χ0v) is 45.6. The second kappa shape index (κ2) is 27.5. The molecule has 368 valence electrons. The smallest absolute Gasteiger partial charge is 0.186 e. The van der Waals surface area contributed by atoms with Crippen LogP contribution in [0.1, 0.15) is 168 Å². The van der Waals surface area contributed by atoms with Crippen molar-refractivity contribution in [2.45, 2.75) is 146 Å². The van der Waals surface area contributed by atoms with Gasteiger partial charge in [0, 0.05) is 56.8 Å². The van der Waals surface area contributed by atoms with Crippen molar-refractivity contribution in [1.82, 2.24) is 15.0 Å². The number of methoxy groups -OCH3 is 1. The molecule has 11 nitrogen and oxygen atoms in total. The van der Waals surface area contributed by atoms with Crippen LogP contribution in [0.25, 0.3) is 22.5 Å². The molecule has 2 aromatic carbocycles. The first-order chi connectivity index (χ1) is 31.9. The van der Waals surface area contributed by atoms with Crippen molar-refractivity contribution in [2.75, 3.05) is 62.1 Å². The van der Waals surface area contributed by atoms with Crippen LogP contribution in [0.2, 0.25) is 0 Å². The van der Waals surface area contributed by atoms with Crippen molar-refractivity contribution in [3.63, 3.8) is 0 Å². The Labute approximate surface area is 414 Å². The summed E-state index contributed by atoms with van der Waals surface area (Å²) in [7, 11) is 5.45. The average Bonchev–Trinajstić information content (AvgIpc) is 4.08. The number of anilines is 3. The quantitative estimate of drug-likeness (QED) is 0.0666. The van der Waals surface area contributed by atoms with Crippen LogP contribution in [-0.4, -0.2) is 86.3 Å². The van der Waals surface area contributed by atoms with Gasteiger partial charge in [-0.15, -0.1) is 0 Å². The van der Waals surface area contributed by atoms with Gasteiger partial charge < -0.3 is 24.5 Å². The zero-order valence-electron chi connectivity index (χ0n) is 43.1. The molecule has 0 fully saturated rings. The van der Waals surface area contributed by atoms with E-state index in [1.807, 2.05) is 37.2 Å². The van der Waals surface area contributed by atoms with Crippen molar-refractivity contribution in [3.8, 4) is 28.3 Å². The fraction of sp³-hybridized carbons (Fsp3) is 0.547. The fourth-order valence-corrected chi connectivity index (χ4v) is 10.5. The number of benzene rings is 2. The van der Waals surface area contributed by atoms with Crippen molar-refractivity contribution >= 4 is 68.3 Å². The summed E-state index contributed by atoms with van der Waals surface area (Å²) in [4.78, 5) is 57.3. The lowest BCUT2D eigenvalue weighted by Crippen LogP contribution is -2.25. The molecule has 0 aliphatic rings. The molecule has 0 spiro atoms. The number of thiazole rings is 3. The first kappa shape index (κ1) is 56.8. The SMILES string of the molecule is CCCCN(CCCC)c1nc(-c2c(C)c(C)c(C)c(C)c2C)c(C=O)s1.CCCCN(CCCC)c1nc(-c2c(CO)cccc2OC)c(C=O)s1.CN(C)c1nc(C(C)(C)C)c(C=O)s1. The maximum Gasteiger partial charge on any atom is 0.186 e. The van der Waals surface area contributed by atoms with E-state index < -0.39 is 0 Å². The minimum atomic E-state index is -0.132. The summed E-state index contributed by atoms with van der Waals surface area (Å²) in [6.45, 7) is 29.5. The molecule has 3 aromatic heterocycles. The maximum atomic E-state index is 11.9. The van der Waals surface area contributed by atoms with E-state index in [1.165, 1.54) is 50.5 Å². The molecule has 5 rings (SSSR count). The molecule has 0 bridgehead atoms. The molecule has 67 heavy (non-hydrogen) atoms. The number of carbonyl (C=O) groups excluding carboxylic acids is 3. The van der Waals surface area contributed by atoms with Crippen LogP contribution in [0.3, 0.4) is 0 Å². The first-order valence-corrected chi connectivity index (χ1v) is 26.3. The van der Waals surface area contributed by atoms with E-state index in [1.54, 1.807) is 18.4 Å². The highest BCUT2D eigenvalue weighted by Crippen LogP contribution is 2.41. The lowest BCUT2D eigenvalue weighted by molar-refractivity contribution is 0.111. The maximum absolute atomic E-state index is 11.9. The normalized spacial score (nSPS) is 11.0. The van der Waals surface area contributed by atoms with Crippen molar-refractivity contribution in [1.29, 1.82) is 0 Å². The van der Waals surface area contributed by atoms with Gasteiger partial charge in [-0.3, -0.25) is 14.4 Å². The van der Waals surface area contributed by atoms with Crippen LogP contribution < -0.4 is 19.4 Å². The number of aliphatic hydroxyl groups is 1. The number of aliphatic hydroxyl groups excluding tert-OH is 1. The summed E-state index contributed by atoms with van der Waals surface area (Å²) in [6.07, 6.45) is 11.8. The van der Waals surface area contributed by atoms with Crippen molar-refractivity contribution in [3.05, 3.63) is 71.9 Å². The standard InChI is InChI=1S/C23H34N2OS.C20H28N2O3S.C10H16N2OS/c1-8-10-12-25(13-11-9-2)23-24-22(20(14-26)27-23)21-18(6)16(4)15(3)17(5)19(21)7;1-4-6-11-22(12-7-5-2)20-21-19(17(14-24)26-20)18-15(13-23)9-8-10-16(18)25-3;1-10(2,3)8-7(6-13)14-9(11-8)12(4)5/h14H,8-13H2,1-7H3;8-10,14,23H,4-7,11-13H2,1-3H3;6H,1-5H3. The second-order valence-corrected chi connectivity index (χ2v) is 21.2. The van der Waals surface area contributed by atoms with Gasteiger partial charge in [0.2, 0.25) is 0 Å². The molecule has 5 aromatic rings. The summed E-state index contributed by atoms with van der Waals surface area (Å²) < 4.78 is 5.47. The molecule has 0 unspecified atom stereocenters. The molecular formula is C53H78N6O5S3. The summed E-state index contributed by atoms with van der Waals surface area (Å²) in [5, 5.41) is 12.5. The van der Waals surface area contributed by atoms with E-state index in [2.05, 4.69) is 97.9 Å². The Morgan fingerprint density at radius 1 is 0.597 bits per heavy atom. The minimum Gasteiger partial charge on any atom is -0.496 e. The van der Waals surface area contributed by atoms with Crippen molar-refractivity contribution < 1.29 is 24.2 Å². The number of unbranched alkanes of at least 4 members (excludes halogenated alkanes) is 4. The summed E-state index contributed by atoms with van der Waals surface area (Å²) in [5.41, 5.74) is 11.3. The van der Waals surface area contributed by atoms with E-state index in [4.69, 9.17) is 14.7 Å². The number of aldehydes is 3. The molecule has 0 radical (unpaired) electrons. The number of ether oxygens (including phenoxy) is 1. The van der Waals surface area contributed by atoms with Crippen LogP contribution >= 0.6 is 34.0 Å². The Morgan fingerprint density at radius 2 is 1.00 bits per heavy atom. The Hall–Kier alpha value is -4.50. The molecule has 0 saturated carbocycles. The fourth-order valence-electron chi connectivity index (χ4n) is 7.56. The summed E-state index contributed by atoms with van der Waals surface area (Å²) in [5.74, 6) is 0.616. The molecule has 14 heteroatoms. The summed E-state index contributed by atoms with van der Waals surface area (Å²) in [6, 6.07) is 5.49. The largest absolute Gasteiger partial charge is 0.496 e. The van der Waals surface area contributed by atoms with Gasteiger partial charge in [-0.2, -0.15) is 0 Å². The van der Waals surface area contributed by atoms with Gasteiger partial charge in [0.05, 0.1) is 45.4 Å². The summed E-state index contributed by atoms with van der Waals surface area (Å²) >= 11 is 4.40. The van der Waals surface area contributed by atoms with Crippen LogP contribution in [0, 0.1) is 34.6 Å². The molecule has 0 atom stereocenters. The number of carbonyl (C=O) groups is 3. The average molecular weight is 975 g/mol. The third-order valence-electron chi connectivity index (χ3n) is 12.0. The Bertz CT molecular complexity index is 2290. The first-order valence-electron chi connectivity index (χ1n) is 23.8. The number of hydrogen-bond donors (Lipinski definition) is 1. The van der Waals surface area contributed by atoms with Crippen LogP contribution in [0.4, 0.5) is 15.4 Å². The Kier molecular flexibility index (Phi) is 23.3. The molecule has 3 heterocycles. The van der Waals surface area contributed by atoms with Crippen LogP contribution in [-0.2, 0) is 12.0 Å². The molecule has 0 saturated heterocycles. The van der Waals surface area contributed by atoms with Gasteiger partial charge in [-0.1, -0.05) is 120 Å². The number of rotatable bonds is 22. The third-order valence-corrected chi connectivity index (χ3v) is 15.2. The van der Waals surface area contributed by atoms with Gasteiger partial charge in [0.1, 0.15) is 5.75 Å². The van der Waals surface area contributed by atoms with Gasteiger partial charge >= 0.3 is 0 Å². The molecular weight excluding hydrogens is 897 g/mol. The highest BCUT2D eigenvalue weighted by molar-refractivity contribution is 7.18. The zero-order chi connectivity index (χ0) is 50.0. The molecule has 0 amide bonds. The number of aromatic nitrogens is 3. The lowest BCUT2D eigenvalue weighted by Gasteiger charge is -2.21. The van der Waals surface area contributed by atoms with E-state index in [0.717, 1.165) is 139 Å². The highest BCUT2D eigenvalue weighted by atomic mass is 32.1. The van der Waals surface area contributed by atoms with Gasteiger partial charge in [-0.25, -0.2) is 15.0 Å². The second-order valence-electron chi connectivity index (χ2n) is 18.2. The molecule has 0 aliphatic heterocycles. The Morgan fingerprint density at radius 3 is 1.34 bits per heavy atom. The van der Waals surface area contributed by atoms with E-state index in [-0.39, 0.29) is 12.0 Å². The highest BCUT2D eigenvalue weighted by Gasteiger charge is 2.25. The van der Waals surface area contributed by atoms with Gasteiger partial charge in [0.25, 0.3) is 0 Å². The van der Waals surface area contributed by atoms with E-state index in [0.29, 0.717) is 27.4 Å². The van der Waals surface area contributed by atoms with Gasteiger partial charge in [0.15, 0.2) is 34.3 Å².